The zero-order valence-corrected chi connectivity index (χ0v) is 10.2. The van der Waals surface area contributed by atoms with Gasteiger partial charge in [-0.15, -0.1) is 0 Å². The molecule has 2 N–H and O–H groups in total. The third-order valence-corrected chi connectivity index (χ3v) is 2.55. The number of carbonyl (C=O) groups excluding carboxylic acids is 1. The lowest BCUT2D eigenvalue weighted by molar-refractivity contribution is -0.139. The molecule has 0 aliphatic heterocycles. The van der Waals surface area contributed by atoms with Gasteiger partial charge in [0.2, 0.25) is 0 Å². The van der Waals surface area contributed by atoms with Gasteiger partial charge in [0, 0.05) is 6.54 Å². The fourth-order valence-electron chi connectivity index (χ4n) is 1.51. The van der Waals surface area contributed by atoms with Crippen LogP contribution in [0.25, 0.3) is 0 Å². The minimum absolute atomic E-state index is 0.0240. The third-order valence-electron chi connectivity index (χ3n) is 2.55. The highest BCUT2D eigenvalue weighted by Gasteiger charge is 2.20. The number of methoxy groups -OCH3 is 1. The van der Waals surface area contributed by atoms with Crippen molar-refractivity contribution in [3.8, 4) is 6.07 Å². The molecule has 0 spiro atoms. The van der Waals surface area contributed by atoms with E-state index in [9.17, 15) is 9.90 Å². The molecule has 0 radical (unpaired) electrons. The number of rotatable bonds is 6. The summed E-state index contributed by atoms with van der Waals surface area (Å²) in [6.45, 7) is 0.248. The van der Waals surface area contributed by atoms with Crippen molar-refractivity contribution in [3.63, 3.8) is 0 Å². The predicted molar refractivity (Wildman–Crippen MR) is 65.4 cm³/mol. The Morgan fingerprint density at radius 1 is 1.50 bits per heavy atom. The Hall–Kier alpha value is -1.90. The topological polar surface area (TPSA) is 82.3 Å². The summed E-state index contributed by atoms with van der Waals surface area (Å²) in [4.78, 5) is 10.9. The summed E-state index contributed by atoms with van der Waals surface area (Å²) in [5.74, 6) is -1.02. The average molecular weight is 248 g/mol. The summed E-state index contributed by atoms with van der Waals surface area (Å²) < 4.78 is 4.46. The smallest absolute Gasteiger partial charge is 0.319 e. The van der Waals surface area contributed by atoms with E-state index in [-0.39, 0.29) is 13.1 Å². The number of nitrogens with zero attached hydrogens (tertiary/aromatic N) is 1. The van der Waals surface area contributed by atoms with Crippen LogP contribution in [0.3, 0.4) is 0 Å². The van der Waals surface area contributed by atoms with Crippen LogP contribution in [0.1, 0.15) is 11.7 Å². The second-order valence-corrected chi connectivity index (χ2v) is 3.80. The van der Waals surface area contributed by atoms with Gasteiger partial charge in [0.1, 0.15) is 0 Å². The van der Waals surface area contributed by atoms with Crippen molar-refractivity contribution >= 4 is 5.97 Å². The van der Waals surface area contributed by atoms with E-state index in [2.05, 4.69) is 10.1 Å². The first-order chi connectivity index (χ1) is 8.69. The number of ether oxygens (including phenoxy) is 1. The minimum atomic E-state index is -0.874. The van der Waals surface area contributed by atoms with Crippen molar-refractivity contribution in [2.24, 2.45) is 5.92 Å². The molecule has 0 bridgehead atoms. The normalized spacial score (nSPS) is 13.4. The van der Waals surface area contributed by atoms with E-state index in [1.165, 1.54) is 7.11 Å². The van der Waals surface area contributed by atoms with Crippen LogP contribution in [0.2, 0.25) is 0 Å². The molecule has 0 saturated heterocycles. The standard InChI is InChI=1S/C13H16N2O3/c1-18-12(16)9-15-8-11(7-14)13(17)10-5-3-2-4-6-10/h2-6,11,13,15,17H,8-9H2,1H3. The van der Waals surface area contributed by atoms with E-state index in [1.54, 1.807) is 24.3 Å². The Bertz CT molecular complexity index is 414. The highest BCUT2D eigenvalue weighted by molar-refractivity contribution is 5.71. The maximum Gasteiger partial charge on any atom is 0.319 e. The monoisotopic (exact) mass is 248 g/mol. The molecular formula is C13H16N2O3. The number of benzene rings is 1. The first-order valence-electron chi connectivity index (χ1n) is 5.59. The van der Waals surface area contributed by atoms with Gasteiger partial charge in [0.05, 0.1) is 31.7 Å². The van der Waals surface area contributed by atoms with Crippen LogP contribution in [-0.2, 0) is 9.53 Å². The Morgan fingerprint density at radius 3 is 2.72 bits per heavy atom. The Morgan fingerprint density at radius 2 is 2.17 bits per heavy atom. The maximum atomic E-state index is 10.9. The van der Waals surface area contributed by atoms with Crippen LogP contribution >= 0.6 is 0 Å². The largest absolute Gasteiger partial charge is 0.468 e. The molecule has 0 fully saturated rings. The molecule has 0 aliphatic carbocycles. The molecule has 0 saturated carbocycles. The fraction of sp³-hybridized carbons (Fsp3) is 0.385. The van der Waals surface area contributed by atoms with Crippen LogP contribution in [0.15, 0.2) is 30.3 Å². The molecule has 1 rings (SSSR count). The highest BCUT2D eigenvalue weighted by atomic mass is 16.5. The number of esters is 1. The lowest BCUT2D eigenvalue weighted by Crippen LogP contribution is -2.31. The third kappa shape index (κ3) is 4.17. The first-order valence-corrected chi connectivity index (χ1v) is 5.59. The number of hydrogen-bond acceptors (Lipinski definition) is 5. The van der Waals surface area contributed by atoms with E-state index in [4.69, 9.17) is 5.26 Å². The molecule has 0 heterocycles. The minimum Gasteiger partial charge on any atom is -0.468 e. The molecule has 0 amide bonds. The Kier molecular flexibility index (Phi) is 5.85. The van der Waals surface area contributed by atoms with Gasteiger partial charge >= 0.3 is 5.97 Å². The van der Waals surface area contributed by atoms with Gasteiger partial charge in [-0.05, 0) is 5.56 Å². The SMILES string of the molecule is COC(=O)CNCC(C#N)C(O)c1ccccc1. The fourth-order valence-corrected chi connectivity index (χ4v) is 1.51. The van der Waals surface area contributed by atoms with Gasteiger partial charge < -0.3 is 15.2 Å². The lowest BCUT2D eigenvalue weighted by atomic mass is 9.97. The maximum absolute atomic E-state index is 10.9. The van der Waals surface area contributed by atoms with Gasteiger partial charge in [0.15, 0.2) is 0 Å². The van der Waals surface area contributed by atoms with E-state index in [1.807, 2.05) is 12.1 Å². The van der Waals surface area contributed by atoms with Crippen molar-refractivity contribution < 1.29 is 14.6 Å². The summed E-state index contributed by atoms with van der Waals surface area (Å²) in [7, 11) is 1.30. The second kappa shape index (κ2) is 7.43. The molecule has 0 aliphatic rings. The molecule has 5 nitrogen and oxygen atoms in total. The summed E-state index contributed by atoms with van der Waals surface area (Å²) in [6, 6.07) is 11.0. The first kappa shape index (κ1) is 14.2. The van der Waals surface area contributed by atoms with E-state index in [0.717, 1.165) is 0 Å². The molecule has 2 atom stereocenters. The predicted octanol–water partition coefficient (Wildman–Crippen LogP) is 0.622. The van der Waals surface area contributed by atoms with Crippen LogP contribution < -0.4 is 5.32 Å². The summed E-state index contributed by atoms with van der Waals surface area (Å²) in [5, 5.41) is 21.8. The van der Waals surface area contributed by atoms with Crippen LogP contribution in [0, 0.1) is 17.2 Å². The Labute approximate surface area is 106 Å². The molecule has 0 aromatic heterocycles. The average Bonchev–Trinajstić information content (AvgIpc) is 2.43. The molecule has 1 aromatic carbocycles. The van der Waals surface area contributed by atoms with Crippen molar-refractivity contribution in [2.75, 3.05) is 20.2 Å². The van der Waals surface area contributed by atoms with Crippen LogP contribution in [0.4, 0.5) is 0 Å². The zero-order chi connectivity index (χ0) is 13.4. The Balaban J connectivity index is 2.51. The number of carbonyl (C=O) groups is 1. The number of nitriles is 1. The number of aliphatic hydroxyl groups is 1. The van der Waals surface area contributed by atoms with Gasteiger partial charge in [-0.2, -0.15) is 5.26 Å². The van der Waals surface area contributed by atoms with Gasteiger partial charge in [0.25, 0.3) is 0 Å². The van der Waals surface area contributed by atoms with E-state index < -0.39 is 18.0 Å². The van der Waals surface area contributed by atoms with Gasteiger partial charge in [-0.25, -0.2) is 0 Å². The summed E-state index contributed by atoms with van der Waals surface area (Å²) in [5.41, 5.74) is 0.684. The molecule has 1 aromatic rings. The van der Waals surface area contributed by atoms with Crippen LogP contribution in [-0.4, -0.2) is 31.3 Å². The molecule has 96 valence electrons. The van der Waals surface area contributed by atoms with Crippen molar-refractivity contribution in [1.82, 2.24) is 5.32 Å². The lowest BCUT2D eigenvalue weighted by Gasteiger charge is -2.17. The summed E-state index contributed by atoms with van der Waals surface area (Å²) in [6.07, 6.45) is -0.874. The summed E-state index contributed by atoms with van der Waals surface area (Å²) >= 11 is 0. The van der Waals surface area contributed by atoms with E-state index in [0.29, 0.717) is 5.56 Å². The van der Waals surface area contributed by atoms with Crippen molar-refractivity contribution in [3.05, 3.63) is 35.9 Å². The molecule has 5 heteroatoms. The molecule has 18 heavy (non-hydrogen) atoms. The second-order valence-electron chi connectivity index (χ2n) is 3.80. The van der Waals surface area contributed by atoms with E-state index >= 15 is 0 Å². The van der Waals surface area contributed by atoms with Crippen LogP contribution in [0.5, 0.6) is 0 Å². The van der Waals surface area contributed by atoms with Gasteiger partial charge in [-0.1, -0.05) is 30.3 Å². The quantitative estimate of drug-likeness (QED) is 0.721. The molecule has 2 unspecified atom stereocenters. The molecular weight excluding hydrogens is 232 g/mol. The number of nitrogens with one attached hydrogen (secondary N) is 1. The van der Waals surface area contributed by atoms with Crippen molar-refractivity contribution in [2.45, 2.75) is 6.10 Å². The number of hydrogen-bond donors (Lipinski definition) is 2. The highest BCUT2D eigenvalue weighted by Crippen LogP contribution is 2.20. The van der Waals surface area contributed by atoms with Gasteiger partial charge in [-0.3, -0.25) is 4.79 Å². The number of aliphatic hydroxyl groups excluding tert-OH is 1. The van der Waals surface area contributed by atoms with Crippen molar-refractivity contribution in [1.29, 1.82) is 5.26 Å². The zero-order valence-electron chi connectivity index (χ0n) is 10.2.